The number of benzene rings is 10. The summed E-state index contributed by atoms with van der Waals surface area (Å²) in [6.45, 7) is 15.9. The molecule has 0 saturated heterocycles. The zero-order valence-electron chi connectivity index (χ0n) is 51.8. The smallest absolute Gasteiger partial charge is 0.193 e. The zero-order chi connectivity index (χ0) is 60.6. The first kappa shape index (κ1) is 54.6. The minimum atomic E-state index is 0.992. The highest BCUT2D eigenvalue weighted by Gasteiger charge is 2.33. The Morgan fingerprint density at radius 1 is 0.256 bits per heavy atom. The largest absolute Gasteiger partial charge is 0.221 e. The van der Waals surface area contributed by atoms with Gasteiger partial charge in [0.1, 0.15) is 0 Å². The molecule has 0 radical (unpaired) electrons. The Labute approximate surface area is 526 Å². The predicted octanol–water partition coefficient (Wildman–Crippen LogP) is 17.3. The van der Waals surface area contributed by atoms with E-state index < -0.39 is 0 Å². The lowest BCUT2D eigenvalue weighted by Gasteiger charge is -2.03. The van der Waals surface area contributed by atoms with Crippen molar-refractivity contribution in [2.75, 3.05) is 0 Å². The summed E-state index contributed by atoms with van der Waals surface area (Å²) in [4.78, 5) is 0. The summed E-state index contributed by atoms with van der Waals surface area (Å²) < 4.78 is 12.0. The van der Waals surface area contributed by atoms with Crippen LogP contribution in [0.15, 0.2) is 273 Å². The number of pyridine rings is 5. The Hall–Kier alpha value is -10.8. The van der Waals surface area contributed by atoms with Crippen LogP contribution in [0.1, 0.15) is 55.6 Å². The second-order valence-corrected chi connectivity index (χ2v) is 25.0. The maximum atomic E-state index is 2.44. The third-order valence-corrected chi connectivity index (χ3v) is 19.2. The fourth-order valence-electron chi connectivity index (χ4n) is 15.0. The van der Waals surface area contributed by atoms with Gasteiger partial charge in [-0.2, -0.15) is 22.8 Å². The van der Waals surface area contributed by atoms with Crippen LogP contribution in [0.3, 0.4) is 0 Å². The molecule has 15 aromatic rings. The van der Waals surface area contributed by atoms with Crippen LogP contribution < -0.4 is 22.8 Å². The predicted molar refractivity (Wildman–Crippen MR) is 367 cm³/mol. The molecule has 90 heavy (non-hydrogen) atoms. The van der Waals surface area contributed by atoms with Gasteiger partial charge in [-0.1, -0.05) is 139 Å². The molecule has 0 N–H and O–H groups in total. The number of rotatable bonds is 0. The summed E-state index contributed by atoms with van der Waals surface area (Å²) in [6, 6.07) is 94.2. The highest BCUT2D eigenvalue weighted by molar-refractivity contribution is 5.95. The first-order chi connectivity index (χ1) is 44.2. The Bertz CT molecular complexity index is 5420. The van der Waals surface area contributed by atoms with Crippen LogP contribution in [-0.4, -0.2) is 0 Å². The minimum Gasteiger partial charge on any atom is -0.193 e. The van der Waals surface area contributed by atoms with Gasteiger partial charge < -0.3 is 0 Å². The molecule has 10 heterocycles. The third kappa shape index (κ3) is 9.60. The van der Waals surface area contributed by atoms with E-state index in [9.17, 15) is 0 Å². The van der Waals surface area contributed by atoms with Gasteiger partial charge in [-0.3, -0.25) is 0 Å². The number of para-hydroxylation sites is 3. The van der Waals surface area contributed by atoms with Crippen molar-refractivity contribution in [2.24, 2.45) is 0 Å². The molecule has 0 amide bonds. The number of hydrogen-bond donors (Lipinski definition) is 0. The topological polar surface area (TPSA) is 19.4 Å². The summed E-state index contributed by atoms with van der Waals surface area (Å²) >= 11 is 0. The normalized spacial score (nSPS) is 12.5. The number of aryl methyl sites for hydroxylation is 5. The van der Waals surface area contributed by atoms with E-state index in [1.165, 1.54) is 166 Å². The van der Waals surface area contributed by atoms with Crippen LogP contribution in [0.2, 0.25) is 0 Å². The SMILES string of the molecule is Cc1cc(C)c2c(c1)-c1c3ccccc3cc[n+]1C2.Cc1cc(C)c2c(c1)-c1ccc3ccccc3[n+]1C2.Cc1ccc2c(c1)-c1ccc3ccccc3[n+]1C2.c1ccc2c(c1)C[n+]1c-2ccc2ccccc21.c1ccc2c(c1)C[n+]1ccc3ccccc3c1-2. The molecule has 5 aromatic heterocycles. The van der Waals surface area contributed by atoms with E-state index >= 15 is 0 Å². The zero-order valence-corrected chi connectivity index (χ0v) is 51.8. The van der Waals surface area contributed by atoms with Crippen molar-refractivity contribution in [1.82, 2.24) is 0 Å². The summed E-state index contributed by atoms with van der Waals surface area (Å²) in [6.07, 6.45) is 4.41. The van der Waals surface area contributed by atoms with Crippen molar-refractivity contribution in [1.29, 1.82) is 0 Å². The molecule has 5 aliphatic heterocycles. The summed E-state index contributed by atoms with van der Waals surface area (Å²) in [5.41, 5.74) is 31.7. The van der Waals surface area contributed by atoms with Crippen molar-refractivity contribution in [2.45, 2.75) is 67.3 Å². The van der Waals surface area contributed by atoms with Crippen molar-refractivity contribution in [3.05, 3.63) is 329 Å². The van der Waals surface area contributed by atoms with Crippen LogP contribution >= 0.6 is 0 Å². The first-order valence-electron chi connectivity index (χ1n) is 31.7. The molecule has 20 rings (SSSR count). The monoisotopic (exact) mass is 1160 g/mol. The van der Waals surface area contributed by atoms with Crippen LogP contribution in [0.25, 0.3) is 111 Å². The standard InChI is InChI=1S/2C18H16N.C17H14N.2C16H12N/c1-12-9-13(2)16-11-19-17-6-4-3-5-14(17)7-8-18(19)15(16)10-12;1-12-9-13(2)17-11-19-8-7-14-5-3-4-6-15(14)18(19)16(17)10-12;1-12-6-7-14-11-18-16-5-3-2-4-13(16)8-9-17(18)15(14)10-12;1-3-7-14-13(6-1)11-17-15-8-4-2-5-12(15)9-10-16(14)17;1-3-7-14-12(5-1)9-10-17-11-13-6-2-4-8-15(13)16(14)17/h2*3-10H,11H2,1-2H3;2-10H,11H2,1H3;2*1-10H,11H2/q5*+1. The fourth-order valence-corrected chi connectivity index (χ4v) is 15.0. The first-order valence-corrected chi connectivity index (χ1v) is 31.7. The molecule has 10 aromatic carbocycles. The molecule has 0 spiro atoms. The van der Waals surface area contributed by atoms with E-state index in [0.29, 0.717) is 0 Å². The van der Waals surface area contributed by atoms with Gasteiger partial charge in [-0.15, -0.1) is 0 Å². The van der Waals surface area contributed by atoms with Crippen molar-refractivity contribution >= 4 is 54.3 Å². The lowest BCUT2D eigenvalue weighted by molar-refractivity contribution is -0.671. The summed E-state index contributed by atoms with van der Waals surface area (Å²) in [5, 5.41) is 9.27. The molecule has 0 saturated carbocycles. The summed E-state index contributed by atoms with van der Waals surface area (Å²) in [7, 11) is 0. The highest BCUT2D eigenvalue weighted by atomic mass is 15.0. The molecule has 0 fully saturated rings. The van der Waals surface area contributed by atoms with E-state index in [2.05, 4.69) is 331 Å². The number of aromatic nitrogens is 5. The molecule has 0 aliphatic carbocycles. The van der Waals surface area contributed by atoms with Crippen LogP contribution in [0.4, 0.5) is 0 Å². The second-order valence-electron chi connectivity index (χ2n) is 25.0. The van der Waals surface area contributed by atoms with Gasteiger partial charge in [-0.05, 0) is 147 Å². The third-order valence-electron chi connectivity index (χ3n) is 19.2. The van der Waals surface area contributed by atoms with Crippen LogP contribution in [0.5, 0.6) is 0 Å². The van der Waals surface area contributed by atoms with Gasteiger partial charge in [0.25, 0.3) is 0 Å². The van der Waals surface area contributed by atoms with E-state index in [1.807, 2.05) is 0 Å². The Morgan fingerprint density at radius 3 is 1.23 bits per heavy atom. The molecule has 0 bridgehead atoms. The molecular formula is C85H70N5+5. The average Bonchev–Trinajstić information content (AvgIpc) is 1.81. The lowest BCUT2D eigenvalue weighted by atomic mass is 9.97. The van der Waals surface area contributed by atoms with Crippen molar-refractivity contribution in [3.63, 3.8) is 0 Å². The second kappa shape index (κ2) is 22.4. The highest BCUT2D eigenvalue weighted by Crippen LogP contribution is 2.37. The summed E-state index contributed by atoms with van der Waals surface area (Å²) in [5.74, 6) is 0. The van der Waals surface area contributed by atoms with Gasteiger partial charge in [0, 0.05) is 92.5 Å². The quantitative estimate of drug-likeness (QED) is 0.135. The Morgan fingerprint density at radius 2 is 0.656 bits per heavy atom. The average molecular weight is 1160 g/mol. The lowest BCUT2D eigenvalue weighted by Crippen LogP contribution is -2.33. The maximum absolute atomic E-state index is 2.44. The van der Waals surface area contributed by atoms with E-state index in [0.717, 1.165) is 32.7 Å². The van der Waals surface area contributed by atoms with Gasteiger partial charge in [0.2, 0.25) is 45.0 Å². The number of nitrogens with zero attached hydrogens (tertiary/aromatic N) is 5. The van der Waals surface area contributed by atoms with Gasteiger partial charge >= 0.3 is 0 Å². The van der Waals surface area contributed by atoms with Crippen LogP contribution in [-0.2, 0) is 32.7 Å². The Kier molecular flexibility index (Phi) is 13.6. The molecule has 5 nitrogen and oxygen atoms in total. The van der Waals surface area contributed by atoms with Crippen molar-refractivity contribution in [3.8, 4) is 56.3 Å². The molecule has 430 valence electrons. The number of fused-ring (bicyclic) bond motifs is 25. The fraction of sp³-hybridized carbons (Fsp3) is 0.118. The molecule has 5 aliphatic rings. The van der Waals surface area contributed by atoms with Crippen molar-refractivity contribution < 1.29 is 22.8 Å². The van der Waals surface area contributed by atoms with Gasteiger partial charge in [0.05, 0.1) is 38.6 Å². The molecule has 5 heteroatoms. The van der Waals surface area contributed by atoms with Gasteiger partial charge in [0.15, 0.2) is 45.1 Å². The molecular weight excluding hydrogens is 1090 g/mol. The Balaban J connectivity index is 0.0000000901. The van der Waals surface area contributed by atoms with E-state index in [1.54, 1.807) is 0 Å². The number of hydrogen-bond acceptors (Lipinski definition) is 0. The molecule has 0 unspecified atom stereocenters. The van der Waals surface area contributed by atoms with E-state index in [4.69, 9.17) is 0 Å². The van der Waals surface area contributed by atoms with Crippen LogP contribution in [0, 0.1) is 34.6 Å². The van der Waals surface area contributed by atoms with E-state index in [-0.39, 0.29) is 0 Å². The molecule has 0 atom stereocenters. The maximum Gasteiger partial charge on any atom is 0.221 e. The minimum absolute atomic E-state index is 0.992. The van der Waals surface area contributed by atoms with Gasteiger partial charge in [-0.25, -0.2) is 0 Å².